The van der Waals surface area contributed by atoms with Gasteiger partial charge in [0.15, 0.2) is 0 Å². The highest BCUT2D eigenvalue weighted by atomic mass is 32.1. The zero-order valence-electron chi connectivity index (χ0n) is 10.4. The molecule has 0 aromatic heterocycles. The van der Waals surface area contributed by atoms with Crippen molar-refractivity contribution in [2.45, 2.75) is 65.3 Å². The molecule has 0 saturated carbocycles. The fraction of sp³-hybridized carbons (Fsp3) is 1.00. The summed E-state index contributed by atoms with van der Waals surface area (Å²) in [6.45, 7) is 11.2. The molecular formula is C12H27NS. The summed E-state index contributed by atoms with van der Waals surface area (Å²) in [5.41, 5.74) is 0. The molecule has 2 heteroatoms. The minimum absolute atomic E-state index is 0.311. The van der Waals surface area contributed by atoms with Gasteiger partial charge in [0.1, 0.15) is 0 Å². The van der Waals surface area contributed by atoms with Gasteiger partial charge in [0.05, 0.1) is 0 Å². The van der Waals surface area contributed by atoms with Crippen molar-refractivity contribution in [1.82, 2.24) is 5.32 Å². The van der Waals surface area contributed by atoms with Crippen LogP contribution < -0.4 is 5.32 Å². The summed E-state index contributed by atoms with van der Waals surface area (Å²) in [5, 5.41) is 3.84. The van der Waals surface area contributed by atoms with Gasteiger partial charge in [-0.25, -0.2) is 0 Å². The second-order valence-corrected chi connectivity index (χ2v) is 5.91. The Kier molecular flexibility index (Phi) is 7.75. The lowest BCUT2D eigenvalue weighted by Crippen LogP contribution is -2.34. The molecule has 0 amide bonds. The molecule has 0 spiro atoms. The van der Waals surface area contributed by atoms with Crippen LogP contribution in [0.2, 0.25) is 0 Å². The van der Waals surface area contributed by atoms with Crippen molar-refractivity contribution < 1.29 is 0 Å². The lowest BCUT2D eigenvalue weighted by atomic mass is 9.96. The van der Waals surface area contributed by atoms with E-state index in [1.165, 1.54) is 19.3 Å². The predicted octanol–water partition coefficient (Wildman–Crippen LogP) is 3.70. The van der Waals surface area contributed by atoms with Crippen LogP contribution in [0.5, 0.6) is 0 Å². The molecule has 2 unspecified atom stereocenters. The second kappa shape index (κ2) is 7.58. The molecule has 0 aliphatic heterocycles. The number of nitrogens with one attached hydrogen (secondary N) is 1. The molecule has 0 bridgehead atoms. The first-order valence-electron chi connectivity index (χ1n) is 5.86. The molecule has 0 heterocycles. The summed E-state index contributed by atoms with van der Waals surface area (Å²) in [6.07, 6.45) is 3.85. The Balaban J connectivity index is 3.84. The van der Waals surface area contributed by atoms with E-state index in [1.807, 2.05) is 0 Å². The van der Waals surface area contributed by atoms with Crippen LogP contribution in [-0.4, -0.2) is 11.4 Å². The van der Waals surface area contributed by atoms with Crippen molar-refractivity contribution >= 4 is 12.6 Å². The Morgan fingerprint density at radius 2 is 1.50 bits per heavy atom. The van der Waals surface area contributed by atoms with E-state index in [4.69, 9.17) is 0 Å². The van der Waals surface area contributed by atoms with E-state index in [-0.39, 0.29) is 0 Å². The van der Waals surface area contributed by atoms with Crippen LogP contribution in [0.15, 0.2) is 0 Å². The Bertz CT molecular complexity index is 122. The van der Waals surface area contributed by atoms with Gasteiger partial charge in [-0.2, -0.15) is 12.6 Å². The van der Waals surface area contributed by atoms with Crippen molar-refractivity contribution in [2.24, 2.45) is 11.8 Å². The Hall–Kier alpha value is 0.310. The van der Waals surface area contributed by atoms with Crippen LogP contribution in [0.3, 0.4) is 0 Å². The fourth-order valence-corrected chi connectivity index (χ4v) is 1.92. The van der Waals surface area contributed by atoms with Crippen LogP contribution in [0, 0.1) is 11.8 Å². The minimum atomic E-state index is 0.311. The van der Waals surface area contributed by atoms with E-state index < -0.39 is 0 Å². The maximum atomic E-state index is 4.39. The molecule has 1 N–H and O–H groups in total. The van der Waals surface area contributed by atoms with Crippen molar-refractivity contribution in [1.29, 1.82) is 0 Å². The zero-order valence-corrected chi connectivity index (χ0v) is 11.3. The lowest BCUT2D eigenvalue weighted by molar-refractivity contribution is 0.370. The van der Waals surface area contributed by atoms with Crippen LogP contribution in [0.1, 0.15) is 53.9 Å². The predicted molar refractivity (Wildman–Crippen MR) is 68.9 cm³/mol. The molecule has 0 saturated heterocycles. The monoisotopic (exact) mass is 217 g/mol. The smallest absolute Gasteiger partial charge is 0.0475 e. The maximum Gasteiger partial charge on any atom is 0.0475 e. The van der Waals surface area contributed by atoms with Gasteiger partial charge in [-0.3, -0.25) is 0 Å². The van der Waals surface area contributed by atoms with Crippen LogP contribution in [0.25, 0.3) is 0 Å². The van der Waals surface area contributed by atoms with E-state index >= 15 is 0 Å². The van der Waals surface area contributed by atoms with Gasteiger partial charge < -0.3 is 5.32 Å². The summed E-state index contributed by atoms with van der Waals surface area (Å²) < 4.78 is 0. The molecule has 0 aliphatic carbocycles. The van der Waals surface area contributed by atoms with E-state index in [9.17, 15) is 0 Å². The summed E-state index contributed by atoms with van der Waals surface area (Å²) >= 11 is 4.39. The van der Waals surface area contributed by atoms with E-state index in [0.29, 0.717) is 11.4 Å². The third-order valence-electron chi connectivity index (χ3n) is 2.33. The molecule has 0 aromatic rings. The van der Waals surface area contributed by atoms with Gasteiger partial charge in [-0.15, -0.1) is 0 Å². The molecule has 14 heavy (non-hydrogen) atoms. The Morgan fingerprint density at radius 1 is 0.929 bits per heavy atom. The average Bonchev–Trinajstić information content (AvgIpc) is 1.97. The van der Waals surface area contributed by atoms with Gasteiger partial charge in [-0.1, -0.05) is 27.7 Å². The Morgan fingerprint density at radius 3 is 1.86 bits per heavy atom. The molecule has 0 aromatic carbocycles. The van der Waals surface area contributed by atoms with Gasteiger partial charge in [0, 0.05) is 11.4 Å². The maximum absolute atomic E-state index is 4.39. The summed E-state index contributed by atoms with van der Waals surface area (Å²) in [7, 11) is 0. The SMILES string of the molecule is CC(C)CCC(CC(C)C)NC(C)S. The molecule has 86 valence electrons. The quantitative estimate of drug-likeness (QED) is 0.489. The van der Waals surface area contributed by atoms with Crippen molar-refractivity contribution in [3.8, 4) is 0 Å². The van der Waals surface area contributed by atoms with Crippen LogP contribution >= 0.6 is 12.6 Å². The second-order valence-electron chi connectivity index (χ2n) is 5.14. The number of thiol groups is 1. The number of hydrogen-bond donors (Lipinski definition) is 2. The first-order chi connectivity index (χ1) is 6.41. The van der Waals surface area contributed by atoms with Crippen LogP contribution in [0.4, 0.5) is 0 Å². The number of hydrogen-bond acceptors (Lipinski definition) is 2. The topological polar surface area (TPSA) is 12.0 Å². The number of rotatable bonds is 7. The van der Waals surface area contributed by atoms with Crippen LogP contribution in [-0.2, 0) is 0 Å². The highest BCUT2D eigenvalue weighted by molar-refractivity contribution is 7.80. The summed E-state index contributed by atoms with van der Waals surface area (Å²) in [5.74, 6) is 1.58. The zero-order chi connectivity index (χ0) is 11.1. The average molecular weight is 217 g/mol. The first-order valence-corrected chi connectivity index (χ1v) is 6.37. The van der Waals surface area contributed by atoms with E-state index in [1.54, 1.807) is 0 Å². The highest BCUT2D eigenvalue weighted by Gasteiger charge is 2.12. The fourth-order valence-electron chi connectivity index (χ4n) is 1.71. The summed E-state index contributed by atoms with van der Waals surface area (Å²) in [4.78, 5) is 0. The third kappa shape index (κ3) is 8.89. The lowest BCUT2D eigenvalue weighted by Gasteiger charge is -2.23. The van der Waals surface area contributed by atoms with E-state index in [2.05, 4.69) is 52.6 Å². The van der Waals surface area contributed by atoms with Crippen molar-refractivity contribution in [3.05, 3.63) is 0 Å². The van der Waals surface area contributed by atoms with Gasteiger partial charge >= 0.3 is 0 Å². The standard InChI is InChI=1S/C12H27NS/c1-9(2)6-7-12(8-10(3)4)13-11(5)14/h9-14H,6-8H2,1-5H3. The summed E-state index contributed by atoms with van der Waals surface area (Å²) in [6, 6.07) is 0.643. The molecule has 1 nitrogen and oxygen atoms in total. The largest absolute Gasteiger partial charge is 0.303 e. The van der Waals surface area contributed by atoms with Gasteiger partial charge in [-0.05, 0) is 38.0 Å². The highest BCUT2D eigenvalue weighted by Crippen LogP contribution is 2.14. The molecule has 0 aliphatic rings. The van der Waals surface area contributed by atoms with Crippen molar-refractivity contribution in [2.75, 3.05) is 0 Å². The van der Waals surface area contributed by atoms with Gasteiger partial charge in [0.2, 0.25) is 0 Å². The Labute approximate surface area is 95.5 Å². The molecule has 0 rings (SSSR count). The molecule has 2 atom stereocenters. The van der Waals surface area contributed by atoms with Crippen molar-refractivity contribution in [3.63, 3.8) is 0 Å². The first kappa shape index (κ1) is 14.3. The molecule has 0 radical (unpaired) electrons. The molecular weight excluding hydrogens is 190 g/mol. The molecule has 0 fully saturated rings. The minimum Gasteiger partial charge on any atom is -0.303 e. The van der Waals surface area contributed by atoms with Gasteiger partial charge in [0.25, 0.3) is 0 Å². The van der Waals surface area contributed by atoms with E-state index in [0.717, 1.165) is 11.8 Å². The normalized spacial score (nSPS) is 16.3. The third-order valence-corrected chi connectivity index (χ3v) is 2.47.